The van der Waals surface area contributed by atoms with Gasteiger partial charge in [-0.25, -0.2) is 13.6 Å². The molecule has 184 valence electrons. The highest BCUT2D eigenvalue weighted by Gasteiger charge is 2.23. The lowest BCUT2D eigenvalue weighted by Gasteiger charge is -2.35. The van der Waals surface area contributed by atoms with Gasteiger partial charge in [-0.3, -0.25) is 0 Å². The Morgan fingerprint density at radius 2 is 1.57 bits per heavy atom. The van der Waals surface area contributed by atoms with E-state index in [1.165, 1.54) is 7.11 Å². The fourth-order valence-corrected chi connectivity index (χ4v) is 3.80. The van der Waals surface area contributed by atoms with Gasteiger partial charge in [-0.2, -0.15) is 0 Å². The molecule has 3 aromatic rings. The van der Waals surface area contributed by atoms with Gasteiger partial charge in [0.1, 0.15) is 11.6 Å². The van der Waals surface area contributed by atoms with E-state index >= 15 is 0 Å². The number of hydrogen-bond donors (Lipinski definition) is 1. The van der Waals surface area contributed by atoms with E-state index < -0.39 is 17.7 Å². The molecule has 2 amide bonds. The average Bonchev–Trinajstić information content (AvgIpc) is 2.90. The van der Waals surface area contributed by atoms with Crippen molar-refractivity contribution in [2.24, 2.45) is 0 Å². The molecule has 35 heavy (non-hydrogen) atoms. The highest BCUT2D eigenvalue weighted by molar-refractivity contribution is 5.89. The molecule has 0 spiro atoms. The largest absolute Gasteiger partial charge is 0.493 e. The van der Waals surface area contributed by atoms with Crippen molar-refractivity contribution in [3.05, 3.63) is 54.1 Å². The summed E-state index contributed by atoms with van der Waals surface area (Å²) in [6, 6.07) is 9.72. The minimum Gasteiger partial charge on any atom is -0.493 e. The molecule has 2 aromatic carbocycles. The van der Waals surface area contributed by atoms with Crippen LogP contribution in [0.1, 0.15) is 0 Å². The Bertz CT molecular complexity index is 1180. The van der Waals surface area contributed by atoms with Crippen LogP contribution in [0.25, 0.3) is 11.3 Å². The first-order valence-corrected chi connectivity index (χ1v) is 10.8. The number of carbonyl (C=O) groups excluding carboxylic acids is 1. The lowest BCUT2D eigenvalue weighted by Crippen LogP contribution is -2.50. The summed E-state index contributed by atoms with van der Waals surface area (Å²) in [6.07, 6.45) is 0. The molecule has 1 aromatic heterocycles. The minimum atomic E-state index is -0.694. The third kappa shape index (κ3) is 5.18. The SMILES string of the molecule is COc1cc(-c2ccc(N3CCN(C(=O)Nc4cc(F)ccc4F)CC3)nn2)cc(OC)c1OC. The number of hydrogen-bond acceptors (Lipinski definition) is 7. The Kier molecular flexibility index (Phi) is 7.14. The van der Waals surface area contributed by atoms with Crippen molar-refractivity contribution in [2.45, 2.75) is 0 Å². The summed E-state index contributed by atoms with van der Waals surface area (Å²) in [5, 5.41) is 11.1. The Morgan fingerprint density at radius 3 is 2.14 bits per heavy atom. The third-order valence-corrected chi connectivity index (χ3v) is 5.67. The first-order chi connectivity index (χ1) is 16.9. The highest BCUT2D eigenvalue weighted by Crippen LogP contribution is 2.40. The van der Waals surface area contributed by atoms with E-state index in [2.05, 4.69) is 15.5 Å². The number of halogens is 2. The van der Waals surface area contributed by atoms with Gasteiger partial charge in [0.05, 0.1) is 32.7 Å². The van der Waals surface area contributed by atoms with Gasteiger partial charge < -0.3 is 29.3 Å². The molecule has 0 aliphatic carbocycles. The van der Waals surface area contributed by atoms with Crippen molar-refractivity contribution >= 4 is 17.5 Å². The predicted octanol–water partition coefficient (Wildman–Crippen LogP) is 3.80. The average molecular weight is 485 g/mol. The maximum Gasteiger partial charge on any atom is 0.322 e. The molecule has 1 N–H and O–H groups in total. The van der Waals surface area contributed by atoms with Crippen LogP contribution in [-0.2, 0) is 0 Å². The second-order valence-electron chi connectivity index (χ2n) is 7.72. The van der Waals surface area contributed by atoms with E-state index in [9.17, 15) is 13.6 Å². The molecule has 2 heterocycles. The van der Waals surface area contributed by atoms with Crippen molar-refractivity contribution in [3.8, 4) is 28.5 Å². The van der Waals surface area contributed by atoms with Gasteiger partial charge in [0, 0.05) is 37.8 Å². The maximum absolute atomic E-state index is 13.8. The fraction of sp³-hybridized carbons (Fsp3) is 0.292. The van der Waals surface area contributed by atoms with Crippen molar-refractivity contribution in [1.82, 2.24) is 15.1 Å². The lowest BCUT2D eigenvalue weighted by molar-refractivity contribution is 0.208. The number of amides is 2. The van der Waals surface area contributed by atoms with Gasteiger partial charge in [-0.1, -0.05) is 0 Å². The van der Waals surface area contributed by atoms with Crippen molar-refractivity contribution in [2.75, 3.05) is 57.7 Å². The lowest BCUT2D eigenvalue weighted by atomic mass is 10.1. The number of carbonyl (C=O) groups is 1. The predicted molar refractivity (Wildman–Crippen MR) is 126 cm³/mol. The van der Waals surface area contributed by atoms with Crippen LogP contribution < -0.4 is 24.4 Å². The van der Waals surface area contributed by atoms with Gasteiger partial charge in [-0.05, 0) is 36.4 Å². The zero-order valence-electron chi connectivity index (χ0n) is 19.5. The first-order valence-electron chi connectivity index (χ1n) is 10.8. The quantitative estimate of drug-likeness (QED) is 0.568. The number of methoxy groups -OCH3 is 3. The molecule has 4 rings (SSSR count). The molecule has 0 bridgehead atoms. The van der Waals surface area contributed by atoms with E-state index in [1.807, 2.05) is 17.0 Å². The van der Waals surface area contributed by atoms with E-state index in [4.69, 9.17) is 14.2 Å². The molecule has 0 saturated carbocycles. The topological polar surface area (TPSA) is 89.1 Å². The molecular formula is C24H25F2N5O4. The Balaban J connectivity index is 1.41. The van der Waals surface area contributed by atoms with Crippen molar-refractivity contribution < 1.29 is 27.8 Å². The highest BCUT2D eigenvalue weighted by atomic mass is 19.1. The second kappa shape index (κ2) is 10.4. The van der Waals surface area contributed by atoms with Gasteiger partial charge in [0.2, 0.25) is 5.75 Å². The molecular weight excluding hydrogens is 460 g/mol. The zero-order valence-corrected chi connectivity index (χ0v) is 19.5. The molecule has 11 heteroatoms. The minimum absolute atomic E-state index is 0.189. The third-order valence-electron chi connectivity index (χ3n) is 5.67. The van der Waals surface area contributed by atoms with Gasteiger partial charge in [-0.15, -0.1) is 10.2 Å². The number of benzene rings is 2. The zero-order chi connectivity index (χ0) is 24.9. The molecule has 1 aliphatic rings. The van der Waals surface area contributed by atoms with Crippen molar-refractivity contribution in [1.29, 1.82) is 0 Å². The van der Waals surface area contributed by atoms with Gasteiger partial charge in [0.15, 0.2) is 17.3 Å². The Morgan fingerprint density at radius 1 is 0.886 bits per heavy atom. The number of rotatable bonds is 6. The summed E-state index contributed by atoms with van der Waals surface area (Å²) in [5.41, 5.74) is 1.19. The molecule has 0 atom stereocenters. The Hall–Kier alpha value is -4.15. The standard InChI is InChI=1S/C24H25F2N5O4/c1-33-20-12-15(13-21(34-2)23(20)35-3)18-6-7-22(29-28-18)30-8-10-31(11-9-30)24(32)27-19-14-16(25)4-5-17(19)26/h4-7,12-14H,8-11H2,1-3H3,(H,27,32). The molecule has 1 aliphatic heterocycles. The number of ether oxygens (including phenoxy) is 3. The normalized spacial score (nSPS) is 13.4. The summed E-state index contributed by atoms with van der Waals surface area (Å²) in [6.45, 7) is 1.80. The van der Waals surface area contributed by atoms with Crippen LogP contribution in [0, 0.1) is 11.6 Å². The second-order valence-corrected chi connectivity index (χ2v) is 7.72. The molecule has 9 nitrogen and oxygen atoms in total. The number of piperazine rings is 1. The van der Waals surface area contributed by atoms with E-state index in [-0.39, 0.29) is 5.69 Å². The number of urea groups is 1. The monoisotopic (exact) mass is 485 g/mol. The summed E-state index contributed by atoms with van der Waals surface area (Å²) in [5.74, 6) is 0.865. The van der Waals surface area contributed by atoms with Crippen LogP contribution in [0.5, 0.6) is 17.2 Å². The van der Waals surface area contributed by atoms with Crippen LogP contribution in [0.4, 0.5) is 25.1 Å². The first kappa shape index (κ1) is 24.0. The van der Waals surface area contributed by atoms with Crippen LogP contribution in [-0.4, -0.2) is 68.6 Å². The number of aromatic nitrogens is 2. The molecule has 1 saturated heterocycles. The van der Waals surface area contributed by atoms with Gasteiger partial charge in [0.25, 0.3) is 0 Å². The fourth-order valence-electron chi connectivity index (χ4n) is 3.80. The number of nitrogens with one attached hydrogen (secondary N) is 1. The number of anilines is 2. The van der Waals surface area contributed by atoms with E-state index in [0.29, 0.717) is 54.9 Å². The molecule has 0 unspecified atom stereocenters. The maximum atomic E-state index is 13.8. The summed E-state index contributed by atoms with van der Waals surface area (Å²) in [4.78, 5) is 16.0. The van der Waals surface area contributed by atoms with E-state index in [1.54, 1.807) is 31.3 Å². The summed E-state index contributed by atoms with van der Waals surface area (Å²) < 4.78 is 43.3. The van der Waals surface area contributed by atoms with Crippen LogP contribution in [0.15, 0.2) is 42.5 Å². The number of nitrogens with zero attached hydrogens (tertiary/aromatic N) is 4. The van der Waals surface area contributed by atoms with Crippen LogP contribution >= 0.6 is 0 Å². The smallest absolute Gasteiger partial charge is 0.322 e. The van der Waals surface area contributed by atoms with Gasteiger partial charge >= 0.3 is 6.03 Å². The van der Waals surface area contributed by atoms with Crippen molar-refractivity contribution in [3.63, 3.8) is 0 Å². The summed E-state index contributed by atoms with van der Waals surface area (Å²) in [7, 11) is 4.63. The molecule has 0 radical (unpaired) electrons. The molecule has 1 fully saturated rings. The summed E-state index contributed by atoms with van der Waals surface area (Å²) >= 11 is 0. The Labute approximate surface area is 201 Å². The van der Waals surface area contributed by atoms with E-state index in [0.717, 1.165) is 23.8 Å². The van der Waals surface area contributed by atoms with Crippen LogP contribution in [0.2, 0.25) is 0 Å². The van der Waals surface area contributed by atoms with Crippen LogP contribution in [0.3, 0.4) is 0 Å².